The van der Waals surface area contributed by atoms with Crippen LogP contribution in [0, 0.1) is 20.2 Å². The van der Waals surface area contributed by atoms with Crippen LogP contribution in [-0.4, -0.2) is 36.4 Å². The minimum Gasteiger partial charge on any atom is -0.365 e. The summed E-state index contributed by atoms with van der Waals surface area (Å²) in [6, 6.07) is 11.5. The number of hydrogen-bond donors (Lipinski definition) is 0. The summed E-state index contributed by atoms with van der Waals surface area (Å²) >= 11 is 0. The molecule has 0 saturated carbocycles. The average molecular weight is 344 g/mol. The number of nitro groups is 2. The first-order valence-electron chi connectivity index (χ1n) is 7.26. The van der Waals surface area contributed by atoms with Crippen LogP contribution in [0.25, 0.3) is 0 Å². The monoisotopic (exact) mass is 344 g/mol. The number of anilines is 2. The molecule has 0 N–H and O–H groups in total. The van der Waals surface area contributed by atoms with E-state index in [9.17, 15) is 25.0 Å². The Kier molecular flexibility index (Phi) is 5.28. The van der Waals surface area contributed by atoms with Crippen molar-refractivity contribution in [3.63, 3.8) is 0 Å². The zero-order valence-electron chi connectivity index (χ0n) is 13.7. The molecule has 0 aliphatic carbocycles. The van der Waals surface area contributed by atoms with Crippen molar-refractivity contribution in [2.45, 2.75) is 0 Å². The van der Waals surface area contributed by atoms with Gasteiger partial charge in [-0.2, -0.15) is 0 Å². The van der Waals surface area contributed by atoms with E-state index in [1.807, 2.05) is 0 Å². The normalized spacial score (nSPS) is 10.2. The summed E-state index contributed by atoms with van der Waals surface area (Å²) in [6.45, 7) is 0.0469. The number of rotatable bonds is 6. The molecule has 0 saturated heterocycles. The second-order valence-electron chi connectivity index (χ2n) is 5.36. The number of amides is 1. The van der Waals surface area contributed by atoms with Crippen molar-refractivity contribution in [1.82, 2.24) is 0 Å². The lowest BCUT2D eigenvalue weighted by Gasteiger charge is -2.23. The predicted octanol–water partition coefficient (Wildman–Crippen LogP) is 2.60. The highest BCUT2D eigenvalue weighted by molar-refractivity contribution is 5.96. The Hall–Kier alpha value is -3.49. The van der Waals surface area contributed by atoms with Crippen molar-refractivity contribution in [2.24, 2.45) is 0 Å². The smallest absolute Gasteiger partial charge is 0.269 e. The second-order valence-corrected chi connectivity index (χ2v) is 5.36. The molecule has 0 atom stereocenters. The van der Waals surface area contributed by atoms with Gasteiger partial charge in [0.05, 0.1) is 16.4 Å². The van der Waals surface area contributed by atoms with E-state index in [1.165, 1.54) is 41.3 Å². The predicted molar refractivity (Wildman–Crippen MR) is 92.9 cm³/mol. The molecule has 0 unspecified atom stereocenters. The summed E-state index contributed by atoms with van der Waals surface area (Å²) < 4.78 is 0. The molecule has 0 aliphatic rings. The molecular formula is C16H16N4O5. The molecule has 0 radical (unpaired) electrons. The molecule has 0 fully saturated rings. The Morgan fingerprint density at radius 2 is 1.24 bits per heavy atom. The van der Waals surface area contributed by atoms with E-state index in [0.29, 0.717) is 11.4 Å². The zero-order chi connectivity index (χ0) is 18.6. The van der Waals surface area contributed by atoms with Crippen molar-refractivity contribution < 1.29 is 14.6 Å². The summed E-state index contributed by atoms with van der Waals surface area (Å²) in [6.07, 6.45) is 0. The Balaban J connectivity index is 2.04. The van der Waals surface area contributed by atoms with Gasteiger partial charge in [-0.3, -0.25) is 25.0 Å². The van der Waals surface area contributed by atoms with Crippen molar-refractivity contribution in [1.29, 1.82) is 0 Å². The first-order chi connectivity index (χ1) is 11.8. The number of carbonyl (C=O) groups is 1. The van der Waals surface area contributed by atoms with Crippen LogP contribution in [-0.2, 0) is 4.79 Å². The van der Waals surface area contributed by atoms with Crippen molar-refractivity contribution in [3.8, 4) is 0 Å². The SMILES string of the molecule is CN(CC(=O)N(C)c1ccc([N+](=O)[O-])cc1)c1ccc([N+](=O)[O-])cc1. The first-order valence-corrected chi connectivity index (χ1v) is 7.26. The quantitative estimate of drug-likeness (QED) is 0.588. The van der Waals surface area contributed by atoms with Gasteiger partial charge in [-0.05, 0) is 24.3 Å². The van der Waals surface area contributed by atoms with Crippen LogP contribution in [0.2, 0.25) is 0 Å². The lowest BCUT2D eigenvalue weighted by atomic mass is 10.2. The maximum atomic E-state index is 12.4. The highest BCUT2D eigenvalue weighted by Gasteiger charge is 2.16. The molecule has 9 heteroatoms. The van der Waals surface area contributed by atoms with Crippen LogP contribution in [0.5, 0.6) is 0 Å². The molecular weight excluding hydrogens is 328 g/mol. The van der Waals surface area contributed by atoms with E-state index in [1.54, 1.807) is 31.1 Å². The highest BCUT2D eigenvalue weighted by atomic mass is 16.6. The maximum Gasteiger partial charge on any atom is 0.269 e. The van der Waals surface area contributed by atoms with Gasteiger partial charge in [0, 0.05) is 49.7 Å². The van der Waals surface area contributed by atoms with Crippen LogP contribution in [0.3, 0.4) is 0 Å². The van der Waals surface area contributed by atoms with E-state index >= 15 is 0 Å². The molecule has 0 spiro atoms. The topological polar surface area (TPSA) is 110 Å². The number of non-ortho nitro benzene ring substituents is 2. The van der Waals surface area contributed by atoms with Crippen LogP contribution in [0.4, 0.5) is 22.7 Å². The van der Waals surface area contributed by atoms with Crippen molar-refractivity contribution in [2.75, 3.05) is 30.4 Å². The molecule has 0 bridgehead atoms. The van der Waals surface area contributed by atoms with E-state index in [2.05, 4.69) is 0 Å². The minimum atomic E-state index is -0.506. The summed E-state index contributed by atoms with van der Waals surface area (Å²) in [7, 11) is 3.27. The fourth-order valence-corrected chi connectivity index (χ4v) is 2.17. The maximum absolute atomic E-state index is 12.4. The van der Waals surface area contributed by atoms with Gasteiger partial charge in [-0.15, -0.1) is 0 Å². The van der Waals surface area contributed by atoms with E-state index in [-0.39, 0.29) is 23.8 Å². The number of hydrogen-bond acceptors (Lipinski definition) is 6. The fraction of sp³-hybridized carbons (Fsp3) is 0.188. The Labute approximate surface area is 143 Å². The molecule has 130 valence electrons. The molecule has 2 rings (SSSR count). The zero-order valence-corrected chi connectivity index (χ0v) is 13.7. The number of carbonyl (C=O) groups excluding carboxylic acids is 1. The lowest BCUT2D eigenvalue weighted by molar-refractivity contribution is -0.385. The number of likely N-dealkylation sites (N-methyl/N-ethyl adjacent to an activating group) is 2. The lowest BCUT2D eigenvalue weighted by Crippen LogP contribution is -2.36. The Morgan fingerprint density at radius 3 is 1.64 bits per heavy atom. The van der Waals surface area contributed by atoms with Gasteiger partial charge < -0.3 is 9.80 Å². The third-order valence-corrected chi connectivity index (χ3v) is 3.70. The standard InChI is InChI=1S/C16H16N4O5/c1-17(12-3-7-14(8-4-12)19(22)23)11-16(21)18(2)13-5-9-15(10-6-13)20(24)25/h3-10H,11H2,1-2H3. The molecule has 0 aliphatic heterocycles. The molecule has 2 aromatic carbocycles. The number of nitrogens with zero attached hydrogens (tertiary/aromatic N) is 4. The van der Waals surface area contributed by atoms with Gasteiger partial charge in [0.25, 0.3) is 11.4 Å². The number of nitro benzene ring substituents is 2. The van der Waals surface area contributed by atoms with Crippen LogP contribution < -0.4 is 9.80 Å². The van der Waals surface area contributed by atoms with Gasteiger partial charge in [-0.1, -0.05) is 0 Å². The molecule has 0 heterocycles. The largest absolute Gasteiger partial charge is 0.365 e. The van der Waals surface area contributed by atoms with Crippen LogP contribution in [0.1, 0.15) is 0 Å². The first kappa shape index (κ1) is 17.9. The second kappa shape index (κ2) is 7.39. The molecule has 9 nitrogen and oxygen atoms in total. The average Bonchev–Trinajstić information content (AvgIpc) is 2.61. The van der Waals surface area contributed by atoms with Gasteiger partial charge in [0.2, 0.25) is 5.91 Å². The molecule has 0 aromatic heterocycles. The van der Waals surface area contributed by atoms with Crippen LogP contribution >= 0.6 is 0 Å². The van der Waals surface area contributed by atoms with Gasteiger partial charge in [0.1, 0.15) is 0 Å². The van der Waals surface area contributed by atoms with E-state index in [0.717, 1.165) is 0 Å². The van der Waals surface area contributed by atoms with Gasteiger partial charge in [-0.25, -0.2) is 0 Å². The third kappa shape index (κ3) is 4.28. The summed E-state index contributed by atoms with van der Waals surface area (Å²) in [5.41, 5.74) is 1.13. The molecule has 2 aromatic rings. The summed E-state index contributed by atoms with van der Waals surface area (Å²) in [5.74, 6) is -0.227. The highest BCUT2D eigenvalue weighted by Crippen LogP contribution is 2.20. The summed E-state index contributed by atoms with van der Waals surface area (Å²) in [5, 5.41) is 21.3. The molecule has 25 heavy (non-hydrogen) atoms. The number of benzene rings is 2. The summed E-state index contributed by atoms with van der Waals surface area (Å²) in [4.78, 5) is 35.7. The third-order valence-electron chi connectivity index (χ3n) is 3.70. The minimum absolute atomic E-state index is 0.0218. The van der Waals surface area contributed by atoms with Gasteiger partial charge in [0.15, 0.2) is 0 Å². The fourth-order valence-electron chi connectivity index (χ4n) is 2.17. The van der Waals surface area contributed by atoms with E-state index in [4.69, 9.17) is 0 Å². The van der Waals surface area contributed by atoms with Crippen LogP contribution in [0.15, 0.2) is 48.5 Å². The van der Waals surface area contributed by atoms with Crippen molar-refractivity contribution in [3.05, 3.63) is 68.8 Å². The Morgan fingerprint density at radius 1 is 0.840 bits per heavy atom. The van der Waals surface area contributed by atoms with E-state index < -0.39 is 9.85 Å². The van der Waals surface area contributed by atoms with Gasteiger partial charge >= 0.3 is 0 Å². The van der Waals surface area contributed by atoms with Crippen molar-refractivity contribution >= 4 is 28.7 Å². The Bertz CT molecular complexity index is 789. The molecule has 1 amide bonds.